The average Bonchev–Trinajstić information content (AvgIpc) is 3.53. The third kappa shape index (κ3) is 4.25. The number of hydrogen-bond donors (Lipinski definition) is 1. The van der Waals surface area contributed by atoms with Crippen LogP contribution in [0.25, 0.3) is 27.7 Å². The first kappa shape index (κ1) is 22.7. The smallest absolute Gasteiger partial charge is 0.244 e. The minimum atomic E-state index is -1.21. The van der Waals surface area contributed by atoms with E-state index in [9.17, 15) is 8.78 Å². The zero-order valence-corrected chi connectivity index (χ0v) is 20.1. The normalized spacial score (nSPS) is 22.4. The Labute approximate surface area is 211 Å². The predicted molar refractivity (Wildman–Crippen MR) is 130 cm³/mol. The Morgan fingerprint density at radius 1 is 1.27 bits per heavy atom. The van der Waals surface area contributed by atoms with Crippen LogP contribution in [0.4, 0.5) is 19.1 Å². The molecule has 3 aromatic heterocycles. The van der Waals surface area contributed by atoms with E-state index in [4.69, 9.17) is 10.8 Å². The van der Waals surface area contributed by atoms with Gasteiger partial charge in [0.15, 0.2) is 0 Å². The zero-order chi connectivity index (χ0) is 26.4. The number of aromatic nitrogens is 6. The largest absolute Gasteiger partial charge is 0.479 e. The molecule has 2 atom stereocenters. The third-order valence-electron chi connectivity index (χ3n) is 7.00. The van der Waals surface area contributed by atoms with Gasteiger partial charge < -0.3 is 14.8 Å². The van der Waals surface area contributed by atoms with Gasteiger partial charge in [0.1, 0.15) is 36.6 Å². The van der Waals surface area contributed by atoms with E-state index in [2.05, 4.69) is 25.7 Å². The monoisotopic (exact) mass is 517 g/mol. The minimum Gasteiger partial charge on any atom is -0.479 e. The molecule has 37 heavy (non-hydrogen) atoms. The maximum atomic E-state index is 15.1. The Bertz CT molecular complexity index is 1460. The van der Waals surface area contributed by atoms with Crippen molar-refractivity contribution in [3.63, 3.8) is 0 Å². The summed E-state index contributed by atoms with van der Waals surface area (Å²) in [5, 5.41) is 15.6. The molecule has 1 N–H and O–H groups in total. The van der Waals surface area contributed by atoms with Gasteiger partial charge >= 0.3 is 0 Å². The molecule has 2 saturated heterocycles. The third-order valence-corrected chi connectivity index (χ3v) is 7.00. The Morgan fingerprint density at radius 2 is 2.11 bits per heavy atom. The van der Waals surface area contributed by atoms with E-state index in [1.54, 1.807) is 22.8 Å². The Hall–Kier alpha value is -3.45. The molecular weight excluding hydrogens is 489 g/mol. The summed E-state index contributed by atoms with van der Waals surface area (Å²) in [6, 6.07) is 4.76. The van der Waals surface area contributed by atoms with Gasteiger partial charge in [-0.25, -0.2) is 22.4 Å². The molecule has 0 amide bonds. The Morgan fingerprint density at radius 3 is 2.81 bits per heavy atom. The first-order valence-corrected chi connectivity index (χ1v) is 12.1. The van der Waals surface area contributed by atoms with Gasteiger partial charge in [0, 0.05) is 24.8 Å². The standard InChI is InChI=1S/C24H27F3N8O2/c1-36-23-22-17(14-2-3-20-21(8-14)35(32-30-20)15(9-25)10-26)4-7-34(22)31-24(29-23)28-19-5-6-33(11-18(19)27)16-12-37-13-16/h2-4,7-8,15-16,18-19H,5-6,9-13H2,1H3,(H,28,31)/t18-,19+/m1/s1/i16D. The van der Waals surface area contributed by atoms with Crippen molar-refractivity contribution in [1.82, 2.24) is 34.5 Å². The Balaban J connectivity index is 1.28. The molecule has 2 fully saturated rings. The average molecular weight is 518 g/mol. The summed E-state index contributed by atoms with van der Waals surface area (Å²) in [7, 11) is 1.49. The first-order valence-electron chi connectivity index (χ1n) is 12.6. The molecule has 0 spiro atoms. The van der Waals surface area contributed by atoms with Gasteiger partial charge in [-0.2, -0.15) is 4.98 Å². The van der Waals surface area contributed by atoms with E-state index in [0.29, 0.717) is 42.7 Å². The zero-order valence-electron chi connectivity index (χ0n) is 21.1. The fraction of sp³-hybridized carbons (Fsp3) is 0.500. The van der Waals surface area contributed by atoms with Gasteiger partial charge in [-0.1, -0.05) is 11.3 Å². The number of nitrogens with zero attached hydrogens (tertiary/aromatic N) is 7. The van der Waals surface area contributed by atoms with Crippen molar-refractivity contribution in [3.8, 4) is 17.0 Å². The van der Waals surface area contributed by atoms with Crippen molar-refractivity contribution in [1.29, 1.82) is 0 Å². The summed E-state index contributed by atoms with van der Waals surface area (Å²) in [5.41, 5.74) is 3.08. The van der Waals surface area contributed by atoms with Gasteiger partial charge in [-0.15, -0.1) is 10.2 Å². The van der Waals surface area contributed by atoms with Crippen LogP contribution in [0.3, 0.4) is 0 Å². The molecular formula is C24H27F3N8O2. The molecule has 5 heterocycles. The molecule has 4 aromatic rings. The summed E-state index contributed by atoms with van der Waals surface area (Å²) in [4.78, 5) is 6.32. The first-order chi connectivity index (χ1) is 18.4. The SMILES string of the molecule is [2H]C1(N2CC[C@H](Nc3nc(OC)c4c(-c5ccc6nnn(C(CF)CF)c6c5)ccn4n3)[C@H](F)C2)COC1. The maximum absolute atomic E-state index is 15.1. The van der Waals surface area contributed by atoms with Crippen LogP contribution >= 0.6 is 0 Å². The van der Waals surface area contributed by atoms with Crippen LogP contribution in [0.5, 0.6) is 5.88 Å². The number of alkyl halides is 3. The molecule has 0 unspecified atom stereocenters. The second-order valence-corrected chi connectivity index (χ2v) is 9.23. The molecule has 0 saturated carbocycles. The van der Waals surface area contributed by atoms with E-state index < -0.39 is 37.6 Å². The van der Waals surface area contributed by atoms with Crippen LogP contribution in [0.2, 0.25) is 0 Å². The van der Waals surface area contributed by atoms with Crippen molar-refractivity contribution in [2.24, 2.45) is 0 Å². The summed E-state index contributed by atoms with van der Waals surface area (Å²) in [6.07, 6.45) is 1.02. The minimum absolute atomic E-state index is 0.136. The van der Waals surface area contributed by atoms with Crippen LogP contribution in [0.15, 0.2) is 30.5 Å². The number of halogens is 3. The summed E-state index contributed by atoms with van der Waals surface area (Å²) < 4.78 is 63.7. The van der Waals surface area contributed by atoms with E-state index in [1.807, 2.05) is 17.0 Å². The predicted octanol–water partition coefficient (Wildman–Crippen LogP) is 2.85. The quantitative estimate of drug-likeness (QED) is 0.381. The second kappa shape index (κ2) is 9.78. The van der Waals surface area contributed by atoms with Crippen molar-refractivity contribution in [2.45, 2.75) is 30.7 Å². The number of anilines is 1. The fourth-order valence-corrected chi connectivity index (χ4v) is 4.87. The lowest BCUT2D eigenvalue weighted by atomic mass is 10.0. The number of ether oxygens (including phenoxy) is 2. The summed E-state index contributed by atoms with van der Waals surface area (Å²) >= 11 is 0. The number of hydrogen-bond acceptors (Lipinski definition) is 8. The molecule has 0 bridgehead atoms. The number of likely N-dealkylation sites (tertiary alicyclic amines) is 1. The van der Waals surface area contributed by atoms with E-state index in [-0.39, 0.29) is 18.4 Å². The van der Waals surface area contributed by atoms with Crippen molar-refractivity contribution < 1.29 is 24.0 Å². The molecule has 1 aromatic carbocycles. The lowest BCUT2D eigenvalue weighted by molar-refractivity contribution is -0.0794. The number of benzene rings is 1. The maximum Gasteiger partial charge on any atom is 0.244 e. The highest BCUT2D eigenvalue weighted by Gasteiger charge is 2.35. The van der Waals surface area contributed by atoms with E-state index in [0.717, 1.165) is 11.1 Å². The molecule has 0 aliphatic carbocycles. The molecule has 10 nitrogen and oxygen atoms in total. The van der Waals surface area contributed by atoms with Crippen molar-refractivity contribution >= 4 is 22.5 Å². The molecule has 6 rings (SSSR count). The lowest BCUT2D eigenvalue weighted by Crippen LogP contribution is -2.57. The Kier molecular flexibility index (Phi) is 6.01. The van der Waals surface area contributed by atoms with Crippen molar-refractivity contribution in [3.05, 3.63) is 30.5 Å². The van der Waals surface area contributed by atoms with Gasteiger partial charge in [-0.3, -0.25) is 4.90 Å². The molecule has 2 aliphatic heterocycles. The van der Waals surface area contributed by atoms with Gasteiger partial charge in [0.05, 0.1) is 39.3 Å². The fourth-order valence-electron chi connectivity index (χ4n) is 4.87. The van der Waals surface area contributed by atoms with Gasteiger partial charge in [0.2, 0.25) is 11.8 Å². The summed E-state index contributed by atoms with van der Waals surface area (Å²) in [6.45, 7) is -0.508. The highest BCUT2D eigenvalue weighted by molar-refractivity contribution is 5.89. The number of methoxy groups -OCH3 is 1. The number of fused-ring (bicyclic) bond motifs is 2. The van der Waals surface area contributed by atoms with Gasteiger partial charge in [0.25, 0.3) is 0 Å². The molecule has 0 radical (unpaired) electrons. The molecule has 196 valence electrons. The van der Waals surface area contributed by atoms with Crippen LogP contribution < -0.4 is 10.1 Å². The highest BCUT2D eigenvalue weighted by Crippen LogP contribution is 2.33. The number of rotatable bonds is 8. The van der Waals surface area contributed by atoms with Crippen molar-refractivity contribution in [2.75, 3.05) is 52.1 Å². The van der Waals surface area contributed by atoms with E-state index >= 15 is 4.39 Å². The van der Waals surface area contributed by atoms with Crippen LogP contribution in [0.1, 0.15) is 13.8 Å². The van der Waals surface area contributed by atoms with Gasteiger partial charge in [-0.05, 0) is 30.2 Å². The molecule has 2 aliphatic rings. The lowest BCUT2D eigenvalue weighted by Gasteiger charge is -2.42. The molecule has 13 heteroatoms. The van der Waals surface area contributed by atoms with E-state index in [1.165, 1.54) is 11.8 Å². The topological polar surface area (TPSA) is 94.6 Å². The number of piperidine rings is 1. The highest BCUT2D eigenvalue weighted by atomic mass is 19.1. The second-order valence-electron chi connectivity index (χ2n) is 9.23. The van der Waals surface area contributed by atoms with Crippen LogP contribution in [0, 0.1) is 0 Å². The van der Waals surface area contributed by atoms with Crippen LogP contribution in [-0.4, -0.2) is 99.5 Å². The summed E-state index contributed by atoms with van der Waals surface area (Å²) in [5.74, 6) is 0.501. The van der Waals surface area contributed by atoms with Crippen LogP contribution in [-0.2, 0) is 4.74 Å². The number of nitrogens with one attached hydrogen (secondary N) is 1.